The van der Waals surface area contributed by atoms with Crippen LogP contribution in [0.15, 0.2) is 48.5 Å². The molecule has 1 heterocycles. The third-order valence-electron chi connectivity index (χ3n) is 5.25. The van der Waals surface area contributed by atoms with Crippen LogP contribution in [-0.2, 0) is 15.0 Å². The molecule has 1 aliphatic heterocycles. The van der Waals surface area contributed by atoms with E-state index < -0.39 is 6.10 Å². The Morgan fingerprint density at radius 1 is 1.06 bits per heavy atom. The molecule has 2 aromatic carbocycles. The molecular formula is C24H29N3O4. The summed E-state index contributed by atoms with van der Waals surface area (Å²) in [5.41, 5.74) is 2.34. The SMILES string of the molecule is CNC(=O)[C@H]1CN(C(=O)CCNC(=O)c2ccc(C(C)(C)C)cc2)c2ccccc2O1. The molecule has 2 N–H and O–H groups in total. The first-order valence-corrected chi connectivity index (χ1v) is 10.4. The van der Waals surface area contributed by atoms with Gasteiger partial charge in [0.2, 0.25) is 5.91 Å². The second kappa shape index (κ2) is 9.20. The van der Waals surface area contributed by atoms with Gasteiger partial charge in [0.05, 0.1) is 12.2 Å². The largest absolute Gasteiger partial charge is 0.477 e. The van der Waals surface area contributed by atoms with E-state index in [9.17, 15) is 14.4 Å². The Kier molecular flexibility index (Phi) is 6.63. The van der Waals surface area contributed by atoms with Gasteiger partial charge in [0.1, 0.15) is 5.75 Å². The zero-order valence-corrected chi connectivity index (χ0v) is 18.4. The molecule has 0 unspecified atom stereocenters. The van der Waals surface area contributed by atoms with E-state index in [1.807, 2.05) is 18.2 Å². The van der Waals surface area contributed by atoms with E-state index in [1.165, 1.54) is 7.05 Å². The number of amides is 3. The maximum absolute atomic E-state index is 12.9. The van der Waals surface area contributed by atoms with Gasteiger partial charge in [-0.15, -0.1) is 0 Å². The van der Waals surface area contributed by atoms with Crippen molar-refractivity contribution in [2.75, 3.05) is 25.0 Å². The number of hydrogen-bond acceptors (Lipinski definition) is 4. The summed E-state index contributed by atoms with van der Waals surface area (Å²) in [6.07, 6.45) is -0.666. The number of benzene rings is 2. The van der Waals surface area contributed by atoms with Gasteiger partial charge in [-0.1, -0.05) is 45.0 Å². The van der Waals surface area contributed by atoms with Crippen LogP contribution in [0.25, 0.3) is 0 Å². The van der Waals surface area contributed by atoms with Crippen molar-refractivity contribution in [2.24, 2.45) is 0 Å². The Hall–Kier alpha value is -3.35. The lowest BCUT2D eigenvalue weighted by Gasteiger charge is -2.34. The van der Waals surface area contributed by atoms with Crippen LogP contribution in [0.3, 0.4) is 0 Å². The summed E-state index contributed by atoms with van der Waals surface area (Å²) in [5, 5.41) is 5.35. The van der Waals surface area contributed by atoms with Crippen LogP contribution in [0.2, 0.25) is 0 Å². The molecular weight excluding hydrogens is 394 g/mol. The molecule has 0 saturated carbocycles. The second-order valence-corrected chi connectivity index (χ2v) is 8.53. The molecule has 2 aromatic rings. The van der Waals surface area contributed by atoms with Crippen LogP contribution in [-0.4, -0.2) is 44.0 Å². The van der Waals surface area contributed by atoms with E-state index in [0.29, 0.717) is 17.0 Å². The molecule has 31 heavy (non-hydrogen) atoms. The minimum atomic E-state index is -0.778. The zero-order chi connectivity index (χ0) is 22.6. The van der Waals surface area contributed by atoms with E-state index in [0.717, 1.165) is 5.56 Å². The number of para-hydroxylation sites is 2. The first-order chi connectivity index (χ1) is 14.7. The van der Waals surface area contributed by atoms with E-state index >= 15 is 0 Å². The number of carbonyl (C=O) groups excluding carboxylic acids is 3. The van der Waals surface area contributed by atoms with Crippen molar-refractivity contribution in [1.82, 2.24) is 10.6 Å². The molecule has 7 heteroatoms. The van der Waals surface area contributed by atoms with Crippen LogP contribution in [0.1, 0.15) is 43.1 Å². The lowest BCUT2D eigenvalue weighted by molar-refractivity contribution is -0.127. The summed E-state index contributed by atoms with van der Waals surface area (Å²) >= 11 is 0. The fourth-order valence-corrected chi connectivity index (χ4v) is 3.41. The van der Waals surface area contributed by atoms with Gasteiger partial charge in [0, 0.05) is 25.6 Å². The first kappa shape index (κ1) is 22.3. The molecule has 0 aromatic heterocycles. The number of hydrogen-bond donors (Lipinski definition) is 2. The molecule has 0 bridgehead atoms. The summed E-state index contributed by atoms with van der Waals surface area (Å²) in [5.74, 6) is -0.218. The van der Waals surface area contributed by atoms with Crippen molar-refractivity contribution in [3.05, 3.63) is 59.7 Å². The molecule has 0 fully saturated rings. The highest BCUT2D eigenvalue weighted by atomic mass is 16.5. The van der Waals surface area contributed by atoms with Gasteiger partial charge in [-0.05, 0) is 35.2 Å². The Morgan fingerprint density at radius 3 is 2.39 bits per heavy atom. The number of anilines is 1. The van der Waals surface area contributed by atoms with Crippen LogP contribution in [0.4, 0.5) is 5.69 Å². The molecule has 1 aliphatic rings. The third-order valence-corrected chi connectivity index (χ3v) is 5.25. The summed E-state index contributed by atoms with van der Waals surface area (Å²) < 4.78 is 5.72. The highest BCUT2D eigenvalue weighted by Gasteiger charge is 2.33. The van der Waals surface area contributed by atoms with Crippen molar-refractivity contribution in [2.45, 2.75) is 38.7 Å². The quantitative estimate of drug-likeness (QED) is 0.774. The van der Waals surface area contributed by atoms with Crippen molar-refractivity contribution >= 4 is 23.4 Å². The van der Waals surface area contributed by atoms with Gasteiger partial charge in [-0.25, -0.2) is 0 Å². The van der Waals surface area contributed by atoms with Gasteiger partial charge in [0.15, 0.2) is 6.10 Å². The normalized spacial score (nSPS) is 15.5. The summed E-state index contributed by atoms with van der Waals surface area (Å²) in [6, 6.07) is 14.6. The number of rotatable bonds is 5. The topological polar surface area (TPSA) is 87.7 Å². The molecule has 7 nitrogen and oxygen atoms in total. The van der Waals surface area contributed by atoms with Crippen LogP contribution >= 0.6 is 0 Å². The summed E-state index contributed by atoms with van der Waals surface area (Å²) in [4.78, 5) is 38.9. The average Bonchev–Trinajstić information content (AvgIpc) is 2.77. The van der Waals surface area contributed by atoms with Gasteiger partial charge in [-0.3, -0.25) is 14.4 Å². The maximum Gasteiger partial charge on any atom is 0.262 e. The van der Waals surface area contributed by atoms with Gasteiger partial charge in [-0.2, -0.15) is 0 Å². The molecule has 0 aliphatic carbocycles. The highest BCUT2D eigenvalue weighted by Crippen LogP contribution is 2.33. The lowest BCUT2D eigenvalue weighted by atomic mass is 9.87. The molecule has 0 radical (unpaired) electrons. The number of ether oxygens (including phenoxy) is 1. The number of carbonyl (C=O) groups is 3. The predicted molar refractivity (Wildman–Crippen MR) is 119 cm³/mol. The molecule has 3 rings (SSSR count). The monoisotopic (exact) mass is 423 g/mol. The Balaban J connectivity index is 1.61. The van der Waals surface area contributed by atoms with Crippen molar-refractivity contribution < 1.29 is 19.1 Å². The van der Waals surface area contributed by atoms with Crippen LogP contribution in [0.5, 0.6) is 5.75 Å². The molecule has 1 atom stereocenters. The molecule has 0 spiro atoms. The first-order valence-electron chi connectivity index (χ1n) is 10.4. The standard InChI is InChI=1S/C24H29N3O4/c1-24(2,3)17-11-9-16(10-12-17)22(29)26-14-13-21(28)27-15-20(23(30)25-4)31-19-8-6-5-7-18(19)27/h5-12,20H,13-15H2,1-4H3,(H,25,30)(H,26,29)/t20-/m1/s1. The Bertz CT molecular complexity index is 964. The smallest absolute Gasteiger partial charge is 0.262 e. The van der Waals surface area contributed by atoms with Gasteiger partial charge in [0.25, 0.3) is 11.8 Å². The van der Waals surface area contributed by atoms with Crippen molar-refractivity contribution in [3.8, 4) is 5.75 Å². The van der Waals surface area contributed by atoms with E-state index in [-0.39, 0.29) is 42.6 Å². The van der Waals surface area contributed by atoms with E-state index in [4.69, 9.17) is 4.74 Å². The number of likely N-dealkylation sites (N-methyl/N-ethyl adjacent to an activating group) is 1. The second-order valence-electron chi connectivity index (χ2n) is 8.53. The Labute approximate surface area is 182 Å². The van der Waals surface area contributed by atoms with Crippen LogP contribution in [0, 0.1) is 0 Å². The predicted octanol–water partition coefficient (Wildman–Crippen LogP) is 2.64. The van der Waals surface area contributed by atoms with Crippen molar-refractivity contribution in [1.29, 1.82) is 0 Å². The zero-order valence-electron chi connectivity index (χ0n) is 18.4. The van der Waals surface area contributed by atoms with Crippen LogP contribution < -0.4 is 20.3 Å². The van der Waals surface area contributed by atoms with Gasteiger partial charge < -0.3 is 20.3 Å². The molecule has 164 valence electrons. The number of fused-ring (bicyclic) bond motifs is 1. The summed E-state index contributed by atoms with van der Waals surface area (Å²) in [7, 11) is 1.53. The van der Waals surface area contributed by atoms with Crippen molar-refractivity contribution in [3.63, 3.8) is 0 Å². The number of nitrogens with zero attached hydrogens (tertiary/aromatic N) is 1. The summed E-state index contributed by atoms with van der Waals surface area (Å²) in [6.45, 7) is 6.67. The molecule has 3 amide bonds. The average molecular weight is 424 g/mol. The van der Waals surface area contributed by atoms with Gasteiger partial charge >= 0.3 is 0 Å². The number of nitrogens with one attached hydrogen (secondary N) is 2. The fourth-order valence-electron chi connectivity index (χ4n) is 3.41. The minimum absolute atomic E-state index is 0.0163. The fraction of sp³-hybridized carbons (Fsp3) is 0.375. The maximum atomic E-state index is 12.9. The minimum Gasteiger partial charge on any atom is -0.477 e. The highest BCUT2D eigenvalue weighted by molar-refractivity contribution is 5.98. The lowest BCUT2D eigenvalue weighted by Crippen LogP contribution is -2.50. The Morgan fingerprint density at radius 2 is 1.74 bits per heavy atom. The molecule has 0 saturated heterocycles. The third kappa shape index (κ3) is 5.23. The van der Waals surface area contributed by atoms with E-state index in [1.54, 1.807) is 35.2 Å². The van der Waals surface area contributed by atoms with E-state index in [2.05, 4.69) is 31.4 Å².